The predicted octanol–water partition coefficient (Wildman–Crippen LogP) is 0.995. The Morgan fingerprint density at radius 1 is 1.00 bits per heavy atom. The summed E-state index contributed by atoms with van der Waals surface area (Å²) < 4.78 is 42.2. The number of carbonyl (C=O) groups excluding carboxylic acids is 1. The van der Waals surface area contributed by atoms with Crippen LogP contribution in [0.4, 0.5) is 13.2 Å². The molecule has 0 aliphatic heterocycles. The fourth-order valence-electron chi connectivity index (χ4n) is 1.08. The number of rotatable bonds is 11. The lowest BCUT2D eigenvalue weighted by atomic mass is 10.2. The first-order valence-corrected chi connectivity index (χ1v) is 7.18. The number of halogens is 4. The van der Waals surface area contributed by atoms with E-state index >= 15 is 0 Å². The highest BCUT2D eigenvalue weighted by molar-refractivity contribution is 6.17. The Labute approximate surface area is 134 Å². The first-order chi connectivity index (χ1) is 9.86. The Morgan fingerprint density at radius 3 is 1.86 bits per heavy atom. The average molecular weight is 354 g/mol. The van der Waals surface area contributed by atoms with Crippen molar-refractivity contribution >= 4 is 17.6 Å². The zero-order chi connectivity index (χ0) is 16.6. The summed E-state index contributed by atoms with van der Waals surface area (Å²) in [4.78, 5) is 8.78. The van der Waals surface area contributed by atoms with Crippen LogP contribution in [-0.4, -0.2) is 51.0 Å². The molecule has 0 fully saturated rings. The van der Waals surface area contributed by atoms with Crippen molar-refractivity contribution in [3.05, 3.63) is 0 Å². The fraction of sp³-hybridized carbons (Fsp3) is 0.923. The van der Waals surface area contributed by atoms with Crippen LogP contribution in [0.25, 0.3) is 0 Å². The number of quaternary nitrogens is 1. The molecular formula is C13H27ClF3NO4. The van der Waals surface area contributed by atoms with Gasteiger partial charge in [0.25, 0.3) is 0 Å². The molecule has 0 rings (SSSR count). The van der Waals surface area contributed by atoms with Crippen molar-refractivity contribution in [3.8, 4) is 0 Å². The average Bonchev–Trinajstić information content (AvgIpc) is 2.40. The van der Waals surface area contributed by atoms with E-state index in [-0.39, 0.29) is 7.43 Å². The monoisotopic (exact) mass is 353 g/mol. The first kappa shape index (κ1) is 26.3. The topological polar surface area (TPSA) is 86.2 Å². The molecule has 0 atom stereocenters. The second-order valence-electron chi connectivity index (χ2n) is 3.97. The van der Waals surface area contributed by atoms with Gasteiger partial charge in [-0.15, -0.1) is 11.6 Å². The minimum Gasteiger partial charge on any atom is -0.542 e. The Hall–Kier alpha value is -0.570. The smallest absolute Gasteiger partial charge is 0.430 e. The van der Waals surface area contributed by atoms with E-state index in [9.17, 15) is 13.2 Å². The molecule has 0 amide bonds. The van der Waals surface area contributed by atoms with Crippen molar-refractivity contribution < 1.29 is 38.3 Å². The number of carboxylic acids is 1. The van der Waals surface area contributed by atoms with Crippen molar-refractivity contribution in [3.63, 3.8) is 0 Å². The molecule has 0 aromatic heterocycles. The Morgan fingerprint density at radius 2 is 1.45 bits per heavy atom. The summed E-state index contributed by atoms with van der Waals surface area (Å²) in [6.07, 6.45) is -0.516. The zero-order valence-corrected chi connectivity index (χ0v) is 12.7. The largest absolute Gasteiger partial charge is 0.542 e. The molecule has 3 N–H and O–H groups in total. The van der Waals surface area contributed by atoms with Gasteiger partial charge in [0.1, 0.15) is 5.97 Å². The highest BCUT2D eigenvalue weighted by atomic mass is 35.5. The van der Waals surface area contributed by atoms with Gasteiger partial charge in [0.2, 0.25) is 0 Å². The maximum atomic E-state index is 10.5. The molecule has 0 saturated carbocycles. The van der Waals surface area contributed by atoms with Gasteiger partial charge in [-0.3, -0.25) is 0 Å². The highest BCUT2D eigenvalue weighted by Gasteiger charge is 2.28. The summed E-state index contributed by atoms with van der Waals surface area (Å²) in [6, 6.07) is 0. The molecule has 136 valence electrons. The van der Waals surface area contributed by atoms with Crippen LogP contribution in [0, 0.1) is 0 Å². The minimum atomic E-state index is -5.19. The molecule has 0 aromatic rings. The molecule has 9 heteroatoms. The van der Waals surface area contributed by atoms with Gasteiger partial charge in [-0.05, 0) is 12.8 Å². The number of unbranched alkanes of at least 4 members (excludes halogenated alkanes) is 3. The second-order valence-corrected chi connectivity index (χ2v) is 4.34. The van der Waals surface area contributed by atoms with E-state index in [0.29, 0.717) is 13.2 Å². The highest BCUT2D eigenvalue weighted by Crippen LogP contribution is 2.11. The minimum absolute atomic E-state index is 0. The molecule has 0 aliphatic rings. The summed E-state index contributed by atoms with van der Waals surface area (Å²) in [5, 5.41) is 8.78. The van der Waals surface area contributed by atoms with Crippen LogP contribution in [0.2, 0.25) is 0 Å². The molecule has 5 nitrogen and oxygen atoms in total. The van der Waals surface area contributed by atoms with Crippen molar-refractivity contribution in [1.82, 2.24) is 0 Å². The van der Waals surface area contributed by atoms with Crippen LogP contribution < -0.4 is 10.8 Å². The van der Waals surface area contributed by atoms with Crippen molar-refractivity contribution in [2.24, 2.45) is 0 Å². The van der Waals surface area contributed by atoms with Gasteiger partial charge in [0.05, 0.1) is 26.4 Å². The van der Waals surface area contributed by atoms with Crippen molar-refractivity contribution in [2.75, 3.05) is 38.9 Å². The third kappa shape index (κ3) is 24.4. The maximum absolute atomic E-state index is 10.5. The molecule has 0 aromatic carbocycles. The maximum Gasteiger partial charge on any atom is 0.430 e. The number of carbonyl (C=O) groups is 1. The summed E-state index contributed by atoms with van der Waals surface area (Å²) in [6.45, 7) is 3.81. The zero-order valence-electron chi connectivity index (χ0n) is 11.9. The molecular weight excluding hydrogens is 327 g/mol. The van der Waals surface area contributed by atoms with Crippen molar-refractivity contribution in [2.45, 2.75) is 39.3 Å². The van der Waals surface area contributed by atoms with Gasteiger partial charge in [0.15, 0.2) is 0 Å². The summed E-state index contributed by atoms with van der Waals surface area (Å²) >= 11 is 5.56. The van der Waals surface area contributed by atoms with Crippen molar-refractivity contribution in [1.29, 1.82) is 0 Å². The van der Waals surface area contributed by atoms with Gasteiger partial charge in [0, 0.05) is 12.5 Å². The Balaban J connectivity index is -0.000000385. The number of hydrogen-bond acceptors (Lipinski definition) is 4. The summed E-state index contributed by atoms with van der Waals surface area (Å²) in [7, 11) is 0. The number of hydrogen-bond donors (Lipinski definition) is 1. The van der Waals surface area contributed by atoms with E-state index in [0.717, 1.165) is 38.5 Å². The normalized spacial score (nSPS) is 10.4. The van der Waals surface area contributed by atoms with E-state index in [1.807, 2.05) is 0 Å². The van der Waals surface area contributed by atoms with Gasteiger partial charge in [-0.1, -0.05) is 20.3 Å². The van der Waals surface area contributed by atoms with Crippen LogP contribution in [0.3, 0.4) is 0 Å². The molecule has 0 heterocycles. The number of alkyl halides is 4. The lowest BCUT2D eigenvalue weighted by Gasteiger charge is -2.04. The standard InChI is InChI=1S/C10H22ClNO2.C2HF3O2.CH4/c11-5-3-1-2-4-7-13-9-10-14-8-6-12;3-2(4,5)1(6)7;/h1-10,12H2;(H,6,7);1H4. The molecule has 0 radical (unpaired) electrons. The van der Waals surface area contributed by atoms with E-state index in [4.69, 9.17) is 31.0 Å². The van der Waals surface area contributed by atoms with E-state index in [1.54, 1.807) is 0 Å². The molecule has 0 saturated heterocycles. The lowest BCUT2D eigenvalue weighted by molar-refractivity contribution is -0.374. The van der Waals surface area contributed by atoms with Crippen LogP contribution >= 0.6 is 11.6 Å². The third-order valence-corrected chi connectivity index (χ3v) is 2.33. The summed E-state index contributed by atoms with van der Waals surface area (Å²) in [5.74, 6) is -2.23. The first-order valence-electron chi connectivity index (χ1n) is 6.65. The van der Waals surface area contributed by atoms with Gasteiger partial charge < -0.3 is 25.1 Å². The van der Waals surface area contributed by atoms with Crippen LogP contribution in [0.1, 0.15) is 33.1 Å². The van der Waals surface area contributed by atoms with E-state index < -0.39 is 12.1 Å². The predicted molar refractivity (Wildman–Crippen MR) is 76.4 cm³/mol. The van der Waals surface area contributed by atoms with Gasteiger partial charge in [-0.2, -0.15) is 13.2 Å². The molecule has 0 aliphatic carbocycles. The van der Waals surface area contributed by atoms with Crippen LogP contribution in [0.15, 0.2) is 0 Å². The molecule has 0 unspecified atom stereocenters. The molecule has 0 bridgehead atoms. The number of aliphatic carboxylic acids is 1. The number of ether oxygens (including phenoxy) is 2. The SMILES string of the molecule is C.O=C([O-])C(F)(F)F.[NH3+]CCOCCOCCCCCCCl. The third-order valence-electron chi connectivity index (χ3n) is 2.06. The number of carboxylic acid groups (broad SMARTS) is 1. The molecule has 22 heavy (non-hydrogen) atoms. The summed E-state index contributed by atoms with van der Waals surface area (Å²) in [5.41, 5.74) is 3.68. The fourth-order valence-corrected chi connectivity index (χ4v) is 1.27. The van der Waals surface area contributed by atoms with Crippen LogP contribution in [0.5, 0.6) is 0 Å². The van der Waals surface area contributed by atoms with E-state index in [1.165, 1.54) is 12.8 Å². The van der Waals surface area contributed by atoms with E-state index in [2.05, 4.69) is 5.73 Å². The van der Waals surface area contributed by atoms with Gasteiger partial charge >= 0.3 is 6.18 Å². The Bertz CT molecular complexity index is 232. The van der Waals surface area contributed by atoms with Crippen LogP contribution in [-0.2, 0) is 14.3 Å². The lowest BCUT2D eigenvalue weighted by Crippen LogP contribution is -2.52. The second kappa shape index (κ2) is 18.5. The molecule has 0 spiro atoms. The van der Waals surface area contributed by atoms with Gasteiger partial charge in [-0.25, -0.2) is 0 Å². The Kier molecular flexibility index (Phi) is 22.1. The quantitative estimate of drug-likeness (QED) is 0.443.